The summed E-state index contributed by atoms with van der Waals surface area (Å²) in [5, 5.41) is -5.21. The lowest BCUT2D eigenvalue weighted by Gasteiger charge is -2.19. The SMILES string of the molecule is C=C(C)C(=O)OCCOc1c(I)cc(I)cc1COC(=O)C(F)(F)S(=O)(=O)[O-]. The van der Waals surface area contributed by atoms with Gasteiger partial charge in [-0.05, 0) is 64.2 Å². The van der Waals surface area contributed by atoms with Gasteiger partial charge in [0.25, 0.3) is 0 Å². The third-order valence-corrected chi connectivity index (χ3v) is 5.13. The molecule has 0 amide bonds. The highest BCUT2D eigenvalue weighted by atomic mass is 127. The summed E-state index contributed by atoms with van der Waals surface area (Å²) < 4.78 is 73.6. The van der Waals surface area contributed by atoms with Crippen molar-refractivity contribution in [2.75, 3.05) is 13.2 Å². The van der Waals surface area contributed by atoms with Gasteiger partial charge in [-0.15, -0.1) is 0 Å². The molecule has 0 atom stereocenters. The Morgan fingerprint density at radius 2 is 1.82 bits per heavy atom. The molecule has 8 nitrogen and oxygen atoms in total. The lowest BCUT2D eigenvalue weighted by molar-refractivity contribution is -0.163. The lowest BCUT2D eigenvalue weighted by Crippen LogP contribution is -2.39. The van der Waals surface area contributed by atoms with Crippen LogP contribution in [0.3, 0.4) is 0 Å². The van der Waals surface area contributed by atoms with Crippen molar-refractivity contribution in [1.82, 2.24) is 0 Å². The summed E-state index contributed by atoms with van der Waals surface area (Å²) in [4.78, 5) is 22.6. The zero-order valence-electron chi connectivity index (χ0n) is 14.2. The van der Waals surface area contributed by atoms with Gasteiger partial charge in [0.05, 0.1) is 3.57 Å². The van der Waals surface area contributed by atoms with Crippen LogP contribution in [0.5, 0.6) is 5.75 Å². The van der Waals surface area contributed by atoms with E-state index in [1.165, 1.54) is 13.0 Å². The van der Waals surface area contributed by atoms with Gasteiger partial charge in [0.15, 0.2) is 10.1 Å². The minimum atomic E-state index is -6.21. The first-order valence-corrected chi connectivity index (χ1v) is 10.8. The van der Waals surface area contributed by atoms with E-state index in [1.54, 1.807) is 6.07 Å². The van der Waals surface area contributed by atoms with E-state index in [0.717, 1.165) is 0 Å². The molecule has 28 heavy (non-hydrogen) atoms. The van der Waals surface area contributed by atoms with Gasteiger partial charge in [0.1, 0.15) is 25.6 Å². The number of benzene rings is 1. The topological polar surface area (TPSA) is 119 Å². The summed E-state index contributed by atoms with van der Waals surface area (Å²) >= 11 is 3.81. The summed E-state index contributed by atoms with van der Waals surface area (Å²) in [7, 11) is -6.21. The zero-order chi connectivity index (χ0) is 21.7. The molecular weight excluding hydrogens is 632 g/mol. The summed E-state index contributed by atoms with van der Waals surface area (Å²) in [6.45, 7) is 3.90. The summed E-state index contributed by atoms with van der Waals surface area (Å²) in [6, 6.07) is 3.13. The summed E-state index contributed by atoms with van der Waals surface area (Å²) in [6.07, 6.45) is 0. The van der Waals surface area contributed by atoms with Crippen molar-refractivity contribution in [2.24, 2.45) is 0 Å². The van der Waals surface area contributed by atoms with Gasteiger partial charge in [-0.2, -0.15) is 8.78 Å². The second-order valence-corrected chi connectivity index (χ2v) is 9.02. The van der Waals surface area contributed by atoms with Crippen LogP contribution in [0.15, 0.2) is 24.3 Å². The number of rotatable bonds is 9. The molecule has 0 aliphatic carbocycles. The number of esters is 2. The van der Waals surface area contributed by atoms with Crippen molar-refractivity contribution >= 4 is 67.2 Å². The second-order valence-electron chi connectivity index (χ2n) is 5.19. The number of halogens is 4. The van der Waals surface area contributed by atoms with Gasteiger partial charge in [-0.3, -0.25) is 0 Å². The van der Waals surface area contributed by atoms with Crippen molar-refractivity contribution in [2.45, 2.75) is 18.8 Å². The molecule has 1 aromatic carbocycles. The Hall–Kier alpha value is -1.07. The smallest absolute Gasteiger partial charge is 0.428 e. The first-order chi connectivity index (χ1) is 12.8. The van der Waals surface area contributed by atoms with Gasteiger partial charge in [0.2, 0.25) is 0 Å². The maximum Gasteiger partial charge on any atom is 0.428 e. The van der Waals surface area contributed by atoms with Crippen LogP contribution < -0.4 is 4.74 Å². The fourth-order valence-corrected chi connectivity index (χ4v) is 4.00. The normalized spacial score (nSPS) is 11.6. The van der Waals surface area contributed by atoms with Gasteiger partial charge in [-0.25, -0.2) is 18.0 Å². The van der Waals surface area contributed by atoms with E-state index in [4.69, 9.17) is 9.47 Å². The molecule has 0 saturated heterocycles. The molecule has 0 radical (unpaired) electrons. The van der Waals surface area contributed by atoms with E-state index in [0.29, 0.717) is 7.14 Å². The van der Waals surface area contributed by atoms with E-state index in [2.05, 4.69) is 11.3 Å². The number of carbonyl (C=O) groups is 2. The van der Waals surface area contributed by atoms with E-state index in [1.807, 2.05) is 45.2 Å². The highest BCUT2D eigenvalue weighted by Crippen LogP contribution is 2.30. The van der Waals surface area contributed by atoms with Gasteiger partial charge < -0.3 is 18.8 Å². The van der Waals surface area contributed by atoms with Crippen LogP contribution in [-0.4, -0.2) is 43.4 Å². The van der Waals surface area contributed by atoms with Crippen LogP contribution in [0.4, 0.5) is 8.78 Å². The molecule has 0 aliphatic rings. The first-order valence-electron chi connectivity index (χ1n) is 7.21. The fraction of sp³-hybridized carbons (Fsp3) is 0.333. The Morgan fingerprint density at radius 1 is 1.21 bits per heavy atom. The molecule has 0 aromatic heterocycles. The quantitative estimate of drug-likeness (QED) is 0.132. The van der Waals surface area contributed by atoms with E-state index >= 15 is 0 Å². The number of hydrogen-bond donors (Lipinski definition) is 0. The monoisotopic (exact) mass is 645 g/mol. The minimum Gasteiger partial charge on any atom is -0.743 e. The van der Waals surface area contributed by atoms with Gasteiger partial charge >= 0.3 is 17.2 Å². The molecule has 0 saturated carbocycles. The second kappa shape index (κ2) is 10.1. The number of ether oxygens (including phenoxy) is 3. The maximum atomic E-state index is 13.2. The van der Waals surface area contributed by atoms with Crippen molar-refractivity contribution in [1.29, 1.82) is 0 Å². The van der Waals surface area contributed by atoms with Crippen LogP contribution >= 0.6 is 45.2 Å². The van der Waals surface area contributed by atoms with Crippen LogP contribution in [0.2, 0.25) is 0 Å². The number of alkyl halides is 2. The van der Waals surface area contributed by atoms with E-state index in [-0.39, 0.29) is 30.1 Å². The average Bonchev–Trinajstić information content (AvgIpc) is 2.56. The standard InChI is InChI=1S/C15H14F2I2O8S/c1-8(2)13(20)26-4-3-25-12-9(5-10(18)6-11(12)19)7-27-14(21)15(16,17)28(22,23)24/h5-6H,1,3-4,7H2,2H3,(H,22,23,24)/p-1. The van der Waals surface area contributed by atoms with Crippen molar-refractivity contribution in [3.05, 3.63) is 37.0 Å². The Morgan fingerprint density at radius 3 is 2.36 bits per heavy atom. The lowest BCUT2D eigenvalue weighted by atomic mass is 10.2. The van der Waals surface area contributed by atoms with Crippen LogP contribution in [0, 0.1) is 7.14 Å². The molecule has 0 unspecified atom stereocenters. The van der Waals surface area contributed by atoms with E-state index in [9.17, 15) is 31.3 Å². The van der Waals surface area contributed by atoms with Crippen molar-refractivity contribution in [3.63, 3.8) is 0 Å². The molecule has 0 heterocycles. The molecule has 0 fully saturated rings. The Labute approximate surface area is 186 Å². The van der Waals surface area contributed by atoms with Gasteiger partial charge in [0, 0.05) is 14.7 Å². The third-order valence-electron chi connectivity index (χ3n) is 2.91. The third kappa shape index (κ3) is 6.77. The van der Waals surface area contributed by atoms with Crippen LogP contribution in [-0.2, 0) is 35.8 Å². The maximum absolute atomic E-state index is 13.2. The minimum absolute atomic E-state index is 0.0956. The molecule has 156 valence electrons. The molecule has 0 bridgehead atoms. The predicted molar refractivity (Wildman–Crippen MR) is 108 cm³/mol. The highest BCUT2D eigenvalue weighted by molar-refractivity contribution is 14.1. The highest BCUT2D eigenvalue weighted by Gasteiger charge is 2.48. The zero-order valence-corrected chi connectivity index (χ0v) is 19.3. The number of carbonyl (C=O) groups excluding carboxylic acids is 2. The van der Waals surface area contributed by atoms with Gasteiger partial charge in [-0.1, -0.05) is 6.58 Å². The fourth-order valence-electron chi connectivity index (χ4n) is 1.61. The van der Waals surface area contributed by atoms with Crippen LogP contribution in [0.25, 0.3) is 0 Å². The summed E-state index contributed by atoms with van der Waals surface area (Å²) in [5.41, 5.74) is 0.348. The first kappa shape index (κ1) is 25.0. The Bertz CT molecular complexity index is 886. The summed E-state index contributed by atoms with van der Waals surface area (Å²) in [5.74, 6) is -2.94. The Kier molecular flexibility index (Phi) is 9.01. The molecule has 1 rings (SSSR count). The molecule has 0 N–H and O–H groups in total. The van der Waals surface area contributed by atoms with Crippen LogP contribution in [0.1, 0.15) is 12.5 Å². The van der Waals surface area contributed by atoms with Crippen molar-refractivity contribution in [3.8, 4) is 5.75 Å². The molecule has 13 heteroatoms. The van der Waals surface area contributed by atoms with E-state index < -0.39 is 33.9 Å². The number of hydrogen-bond acceptors (Lipinski definition) is 8. The van der Waals surface area contributed by atoms with Crippen molar-refractivity contribution < 1.29 is 45.6 Å². The largest absolute Gasteiger partial charge is 0.743 e. The molecule has 0 aliphatic heterocycles. The average molecular weight is 645 g/mol. The predicted octanol–water partition coefficient (Wildman–Crippen LogP) is 2.58. The molecule has 0 spiro atoms. The molecule has 1 aromatic rings. The molecular formula is C15H13F2I2O8S-. The Balaban J connectivity index is 2.88.